The topological polar surface area (TPSA) is 35.5 Å². The van der Waals surface area contributed by atoms with Crippen molar-refractivity contribution in [1.82, 2.24) is 10.2 Å². The molecular weight excluding hydrogens is 262 g/mol. The van der Waals surface area contributed by atoms with Crippen molar-refractivity contribution >= 4 is 0 Å². The monoisotopic (exact) mass is 284 g/mol. The molecule has 0 aromatic heterocycles. The maximum absolute atomic E-state index is 13.1. The van der Waals surface area contributed by atoms with Crippen LogP contribution in [0.25, 0.3) is 0 Å². The molecule has 0 amide bonds. The molecule has 0 radical (unpaired) electrons. The largest absolute Gasteiger partial charge is 0.387 e. The predicted molar refractivity (Wildman–Crippen MR) is 74.4 cm³/mol. The van der Waals surface area contributed by atoms with Crippen molar-refractivity contribution in [3.63, 3.8) is 0 Å². The minimum Gasteiger partial charge on any atom is -0.387 e. The number of nitrogens with one attached hydrogen (secondary N) is 1. The van der Waals surface area contributed by atoms with Crippen molar-refractivity contribution < 1.29 is 13.9 Å². The smallest absolute Gasteiger partial charge is 0.159 e. The summed E-state index contributed by atoms with van der Waals surface area (Å²) in [5.74, 6) is -1.21. The van der Waals surface area contributed by atoms with Crippen LogP contribution in [0.5, 0.6) is 0 Å². The zero-order valence-corrected chi connectivity index (χ0v) is 11.8. The highest BCUT2D eigenvalue weighted by Gasteiger charge is 2.21. The van der Waals surface area contributed by atoms with Gasteiger partial charge in [-0.3, -0.25) is 0 Å². The molecule has 1 aliphatic rings. The van der Waals surface area contributed by atoms with E-state index in [-0.39, 0.29) is 0 Å². The summed E-state index contributed by atoms with van der Waals surface area (Å²) in [6.07, 6.45) is 0.357. The van der Waals surface area contributed by atoms with Crippen molar-refractivity contribution in [3.05, 3.63) is 35.4 Å². The number of nitrogens with zero attached hydrogens (tertiary/aromatic N) is 1. The molecule has 2 atom stereocenters. The molecule has 20 heavy (non-hydrogen) atoms. The number of likely N-dealkylation sites (tertiary alicyclic amines) is 1. The zero-order chi connectivity index (χ0) is 14.5. The molecular formula is C15H22F2N2O. The van der Waals surface area contributed by atoms with Crippen molar-refractivity contribution in [1.29, 1.82) is 0 Å². The maximum atomic E-state index is 13.1. The number of hydrogen-bond donors (Lipinski definition) is 2. The molecule has 1 aromatic carbocycles. The van der Waals surface area contributed by atoms with Gasteiger partial charge in [-0.1, -0.05) is 13.0 Å². The first-order valence-corrected chi connectivity index (χ1v) is 7.16. The number of rotatable bonds is 6. The van der Waals surface area contributed by atoms with E-state index in [1.807, 2.05) is 0 Å². The molecule has 0 bridgehead atoms. The first-order chi connectivity index (χ1) is 9.60. The number of aliphatic hydroxyl groups excluding tert-OH is 1. The van der Waals surface area contributed by atoms with E-state index in [0.717, 1.165) is 38.3 Å². The average Bonchev–Trinajstić information content (AvgIpc) is 2.89. The SMILES string of the molecule is CCN1CCC(CNCC(O)c2ccc(F)c(F)c2)C1. The second-order valence-corrected chi connectivity index (χ2v) is 5.40. The van der Waals surface area contributed by atoms with E-state index in [0.29, 0.717) is 18.0 Å². The van der Waals surface area contributed by atoms with Gasteiger partial charge in [-0.25, -0.2) is 8.78 Å². The molecule has 2 rings (SSSR count). The summed E-state index contributed by atoms with van der Waals surface area (Å²) in [6, 6.07) is 3.51. The number of hydrogen-bond acceptors (Lipinski definition) is 3. The van der Waals surface area contributed by atoms with E-state index in [4.69, 9.17) is 0 Å². The molecule has 5 heteroatoms. The Hall–Kier alpha value is -1.04. The average molecular weight is 284 g/mol. The van der Waals surface area contributed by atoms with Gasteiger partial charge >= 0.3 is 0 Å². The van der Waals surface area contributed by atoms with Gasteiger partial charge in [0.05, 0.1) is 6.10 Å². The molecule has 1 aliphatic heterocycles. The van der Waals surface area contributed by atoms with Gasteiger partial charge < -0.3 is 15.3 Å². The highest BCUT2D eigenvalue weighted by atomic mass is 19.2. The Kier molecular flexibility index (Phi) is 5.46. The normalized spacial score (nSPS) is 21.3. The van der Waals surface area contributed by atoms with Crippen LogP contribution in [0.4, 0.5) is 8.78 Å². The fraction of sp³-hybridized carbons (Fsp3) is 0.600. The lowest BCUT2D eigenvalue weighted by atomic mass is 10.1. The highest BCUT2D eigenvalue weighted by Crippen LogP contribution is 2.17. The van der Waals surface area contributed by atoms with Gasteiger partial charge in [0.1, 0.15) is 0 Å². The molecule has 1 aromatic rings. The molecule has 0 saturated carbocycles. The van der Waals surface area contributed by atoms with E-state index in [1.165, 1.54) is 12.5 Å². The first kappa shape index (κ1) is 15.4. The minimum atomic E-state index is -0.920. The lowest BCUT2D eigenvalue weighted by Crippen LogP contribution is -2.29. The minimum absolute atomic E-state index is 0.355. The van der Waals surface area contributed by atoms with E-state index >= 15 is 0 Å². The van der Waals surface area contributed by atoms with Gasteiger partial charge in [-0.05, 0) is 49.7 Å². The zero-order valence-electron chi connectivity index (χ0n) is 11.8. The number of halogens is 2. The van der Waals surface area contributed by atoms with Crippen LogP contribution in [0.1, 0.15) is 25.0 Å². The summed E-state index contributed by atoms with van der Waals surface area (Å²) in [5, 5.41) is 13.2. The first-order valence-electron chi connectivity index (χ1n) is 7.16. The Bertz CT molecular complexity index is 442. The summed E-state index contributed by atoms with van der Waals surface area (Å²) in [6.45, 7) is 6.65. The second kappa shape index (κ2) is 7.11. The predicted octanol–water partition coefficient (Wildman–Crippen LogP) is 1.93. The van der Waals surface area contributed by atoms with Crippen LogP contribution in [-0.2, 0) is 0 Å². The van der Waals surface area contributed by atoms with Crippen LogP contribution < -0.4 is 5.32 Å². The van der Waals surface area contributed by atoms with Crippen LogP contribution in [-0.4, -0.2) is 42.7 Å². The van der Waals surface area contributed by atoms with Crippen LogP contribution >= 0.6 is 0 Å². The summed E-state index contributed by atoms with van der Waals surface area (Å²) in [5.41, 5.74) is 0.401. The Morgan fingerprint density at radius 3 is 2.85 bits per heavy atom. The van der Waals surface area contributed by atoms with Gasteiger partial charge in [-0.2, -0.15) is 0 Å². The standard InChI is InChI=1S/C15H22F2N2O/c1-2-19-6-5-11(10-19)8-18-9-15(20)12-3-4-13(16)14(17)7-12/h3-4,7,11,15,18,20H,2,5-6,8-10H2,1H3. The van der Waals surface area contributed by atoms with E-state index < -0.39 is 17.7 Å². The van der Waals surface area contributed by atoms with E-state index in [9.17, 15) is 13.9 Å². The third kappa shape index (κ3) is 3.98. The van der Waals surface area contributed by atoms with Gasteiger partial charge in [0.2, 0.25) is 0 Å². The molecule has 1 fully saturated rings. The summed E-state index contributed by atoms with van der Waals surface area (Å²) in [7, 11) is 0. The Morgan fingerprint density at radius 2 is 2.20 bits per heavy atom. The van der Waals surface area contributed by atoms with E-state index in [1.54, 1.807) is 0 Å². The van der Waals surface area contributed by atoms with Gasteiger partial charge in [-0.15, -0.1) is 0 Å². The molecule has 3 nitrogen and oxygen atoms in total. The fourth-order valence-electron chi connectivity index (χ4n) is 2.63. The third-order valence-corrected chi connectivity index (χ3v) is 3.92. The quantitative estimate of drug-likeness (QED) is 0.838. The van der Waals surface area contributed by atoms with Crippen molar-refractivity contribution in [2.75, 3.05) is 32.7 Å². The third-order valence-electron chi connectivity index (χ3n) is 3.92. The van der Waals surface area contributed by atoms with Gasteiger partial charge in [0.15, 0.2) is 11.6 Å². The van der Waals surface area contributed by atoms with Crippen molar-refractivity contribution in [2.45, 2.75) is 19.4 Å². The molecule has 2 unspecified atom stereocenters. The summed E-state index contributed by atoms with van der Waals surface area (Å²) >= 11 is 0. The van der Waals surface area contributed by atoms with Gasteiger partial charge in [0.25, 0.3) is 0 Å². The second-order valence-electron chi connectivity index (χ2n) is 5.40. The molecule has 2 N–H and O–H groups in total. The number of benzene rings is 1. The maximum Gasteiger partial charge on any atom is 0.159 e. The fourth-order valence-corrected chi connectivity index (χ4v) is 2.63. The van der Waals surface area contributed by atoms with Gasteiger partial charge in [0, 0.05) is 13.1 Å². The number of aliphatic hydroxyl groups is 1. The lowest BCUT2D eigenvalue weighted by molar-refractivity contribution is 0.172. The van der Waals surface area contributed by atoms with E-state index in [2.05, 4.69) is 17.1 Å². The summed E-state index contributed by atoms with van der Waals surface area (Å²) < 4.78 is 25.9. The van der Waals surface area contributed by atoms with Crippen molar-refractivity contribution in [2.24, 2.45) is 5.92 Å². The van der Waals surface area contributed by atoms with Crippen LogP contribution in [0.15, 0.2) is 18.2 Å². The van der Waals surface area contributed by atoms with Crippen LogP contribution in [0, 0.1) is 17.6 Å². The Morgan fingerprint density at radius 1 is 1.40 bits per heavy atom. The summed E-state index contributed by atoms with van der Waals surface area (Å²) in [4.78, 5) is 2.40. The Labute approximate surface area is 118 Å². The molecule has 1 heterocycles. The van der Waals surface area contributed by atoms with Crippen molar-refractivity contribution in [3.8, 4) is 0 Å². The highest BCUT2D eigenvalue weighted by molar-refractivity contribution is 5.20. The lowest BCUT2D eigenvalue weighted by Gasteiger charge is -2.16. The molecule has 1 saturated heterocycles. The van der Waals surface area contributed by atoms with Crippen LogP contribution in [0.2, 0.25) is 0 Å². The molecule has 112 valence electrons. The molecule has 0 spiro atoms. The van der Waals surface area contributed by atoms with Crippen LogP contribution in [0.3, 0.4) is 0 Å². The Balaban J connectivity index is 1.75. The molecule has 0 aliphatic carbocycles.